The number of hydrogen-bond acceptors (Lipinski definition) is 5. The molecule has 1 aromatic heterocycles. The minimum Gasteiger partial charge on any atom is -0.406 e. The second kappa shape index (κ2) is 7.38. The summed E-state index contributed by atoms with van der Waals surface area (Å²) in [7, 11) is 0. The Morgan fingerprint density at radius 3 is 2.90 bits per heavy atom. The first kappa shape index (κ1) is 15.7. The summed E-state index contributed by atoms with van der Waals surface area (Å²) >= 11 is 5.73. The van der Waals surface area contributed by atoms with Crippen molar-refractivity contribution in [3.05, 3.63) is 40.5 Å². The lowest BCUT2D eigenvalue weighted by Crippen LogP contribution is -2.19. The molecule has 0 amide bonds. The number of aromatic nitrogens is 2. The van der Waals surface area contributed by atoms with Crippen LogP contribution in [0.1, 0.15) is 37.8 Å². The SMILES string of the molecule is CCCNC(C)c1nnc(NCc2ccc(F)c(Cl)c2)o1. The Kier molecular flexibility index (Phi) is 5.52. The Bertz CT molecular complexity index is 590. The van der Waals surface area contributed by atoms with E-state index in [4.69, 9.17) is 16.0 Å². The molecule has 7 heteroatoms. The highest BCUT2D eigenvalue weighted by atomic mass is 35.5. The summed E-state index contributed by atoms with van der Waals surface area (Å²) in [5.74, 6) is 0.0967. The van der Waals surface area contributed by atoms with Crippen molar-refractivity contribution in [3.63, 3.8) is 0 Å². The summed E-state index contributed by atoms with van der Waals surface area (Å²) in [6.07, 6.45) is 1.04. The molecule has 0 saturated carbocycles. The van der Waals surface area contributed by atoms with Crippen molar-refractivity contribution < 1.29 is 8.81 Å². The molecule has 2 N–H and O–H groups in total. The highest BCUT2D eigenvalue weighted by Gasteiger charge is 2.12. The fraction of sp³-hybridized carbons (Fsp3) is 0.429. The van der Waals surface area contributed by atoms with Crippen molar-refractivity contribution in [1.29, 1.82) is 0 Å². The van der Waals surface area contributed by atoms with Gasteiger partial charge in [0.2, 0.25) is 5.89 Å². The fourth-order valence-corrected chi connectivity index (χ4v) is 1.96. The summed E-state index contributed by atoms with van der Waals surface area (Å²) in [6, 6.07) is 4.88. The maximum Gasteiger partial charge on any atom is 0.315 e. The van der Waals surface area contributed by atoms with Crippen LogP contribution in [0.2, 0.25) is 5.02 Å². The Labute approximate surface area is 127 Å². The topological polar surface area (TPSA) is 63.0 Å². The van der Waals surface area contributed by atoms with Crippen LogP contribution in [0.3, 0.4) is 0 Å². The predicted molar refractivity (Wildman–Crippen MR) is 79.7 cm³/mol. The summed E-state index contributed by atoms with van der Waals surface area (Å²) in [5, 5.41) is 14.3. The molecule has 2 rings (SSSR count). The second-order valence-corrected chi connectivity index (χ2v) is 5.13. The van der Waals surface area contributed by atoms with E-state index in [1.54, 1.807) is 12.1 Å². The van der Waals surface area contributed by atoms with Crippen molar-refractivity contribution in [1.82, 2.24) is 15.5 Å². The fourth-order valence-electron chi connectivity index (χ4n) is 1.76. The Balaban J connectivity index is 1.91. The first-order chi connectivity index (χ1) is 10.1. The van der Waals surface area contributed by atoms with Gasteiger partial charge >= 0.3 is 6.01 Å². The van der Waals surface area contributed by atoms with E-state index in [2.05, 4.69) is 27.8 Å². The molecule has 0 fully saturated rings. The third kappa shape index (κ3) is 4.41. The normalized spacial score (nSPS) is 12.4. The van der Waals surface area contributed by atoms with Gasteiger partial charge in [-0.3, -0.25) is 0 Å². The van der Waals surface area contributed by atoms with Gasteiger partial charge in [0.25, 0.3) is 0 Å². The number of benzene rings is 1. The Hall–Kier alpha value is -1.66. The van der Waals surface area contributed by atoms with Gasteiger partial charge in [0.15, 0.2) is 0 Å². The minimum absolute atomic E-state index is 0.00765. The van der Waals surface area contributed by atoms with Gasteiger partial charge in [0.1, 0.15) is 5.82 Å². The molecule has 1 heterocycles. The molecular weight excluding hydrogens is 295 g/mol. The average molecular weight is 313 g/mol. The molecule has 1 atom stereocenters. The van der Waals surface area contributed by atoms with Crippen LogP contribution in [0.4, 0.5) is 10.4 Å². The molecule has 0 bridgehead atoms. The molecule has 1 aromatic carbocycles. The van der Waals surface area contributed by atoms with E-state index < -0.39 is 5.82 Å². The highest BCUT2D eigenvalue weighted by molar-refractivity contribution is 6.30. The molecule has 1 unspecified atom stereocenters. The molecule has 0 spiro atoms. The Morgan fingerprint density at radius 1 is 1.38 bits per heavy atom. The number of halogens is 2. The summed E-state index contributed by atoms with van der Waals surface area (Å²) in [6.45, 7) is 5.37. The third-order valence-corrected chi connectivity index (χ3v) is 3.23. The minimum atomic E-state index is -0.434. The number of anilines is 1. The first-order valence-corrected chi connectivity index (χ1v) is 7.22. The van der Waals surface area contributed by atoms with Gasteiger partial charge < -0.3 is 15.1 Å². The van der Waals surface area contributed by atoms with Gasteiger partial charge in [-0.25, -0.2) is 4.39 Å². The zero-order valence-corrected chi connectivity index (χ0v) is 12.7. The quantitative estimate of drug-likeness (QED) is 0.819. The molecule has 21 heavy (non-hydrogen) atoms. The molecule has 0 radical (unpaired) electrons. The van der Waals surface area contributed by atoms with E-state index in [9.17, 15) is 4.39 Å². The van der Waals surface area contributed by atoms with Crippen LogP contribution in [0.5, 0.6) is 0 Å². The third-order valence-electron chi connectivity index (χ3n) is 2.94. The number of hydrogen-bond donors (Lipinski definition) is 2. The van der Waals surface area contributed by atoms with Gasteiger partial charge in [0.05, 0.1) is 11.1 Å². The molecule has 0 aliphatic rings. The van der Waals surface area contributed by atoms with Crippen LogP contribution in [-0.4, -0.2) is 16.7 Å². The van der Waals surface area contributed by atoms with Crippen molar-refractivity contribution in [2.45, 2.75) is 32.9 Å². The number of nitrogens with zero attached hydrogens (tertiary/aromatic N) is 2. The summed E-state index contributed by atoms with van der Waals surface area (Å²) < 4.78 is 18.6. The van der Waals surface area contributed by atoms with Crippen molar-refractivity contribution in [2.24, 2.45) is 0 Å². The van der Waals surface area contributed by atoms with Crippen LogP contribution in [0.15, 0.2) is 22.6 Å². The molecule has 2 aromatic rings. The van der Waals surface area contributed by atoms with Crippen LogP contribution in [-0.2, 0) is 6.54 Å². The lowest BCUT2D eigenvalue weighted by molar-refractivity contribution is 0.423. The van der Waals surface area contributed by atoms with Gasteiger partial charge in [-0.1, -0.05) is 29.7 Å². The smallest absolute Gasteiger partial charge is 0.315 e. The molecular formula is C14H18ClFN4O. The second-order valence-electron chi connectivity index (χ2n) is 4.72. The monoisotopic (exact) mass is 312 g/mol. The highest BCUT2D eigenvalue weighted by Crippen LogP contribution is 2.18. The maximum atomic E-state index is 13.1. The first-order valence-electron chi connectivity index (χ1n) is 6.84. The van der Waals surface area contributed by atoms with Crippen molar-refractivity contribution in [3.8, 4) is 0 Å². The summed E-state index contributed by atoms with van der Waals surface area (Å²) in [4.78, 5) is 0. The van der Waals surface area contributed by atoms with Gasteiger partial charge in [-0.15, -0.1) is 5.10 Å². The van der Waals surface area contributed by atoms with E-state index in [-0.39, 0.29) is 11.1 Å². The van der Waals surface area contributed by atoms with E-state index in [0.717, 1.165) is 18.5 Å². The van der Waals surface area contributed by atoms with E-state index in [1.165, 1.54) is 6.07 Å². The largest absolute Gasteiger partial charge is 0.406 e. The lowest BCUT2D eigenvalue weighted by atomic mass is 10.2. The molecule has 0 aliphatic carbocycles. The van der Waals surface area contributed by atoms with Gasteiger partial charge in [-0.2, -0.15) is 0 Å². The molecule has 114 valence electrons. The number of rotatable bonds is 7. The zero-order valence-electron chi connectivity index (χ0n) is 12.0. The van der Waals surface area contributed by atoms with Crippen molar-refractivity contribution >= 4 is 17.6 Å². The van der Waals surface area contributed by atoms with Gasteiger partial charge in [0, 0.05) is 6.54 Å². The van der Waals surface area contributed by atoms with Crippen LogP contribution in [0.25, 0.3) is 0 Å². The molecule has 5 nitrogen and oxygen atoms in total. The van der Waals surface area contributed by atoms with Gasteiger partial charge in [-0.05, 0) is 37.6 Å². The van der Waals surface area contributed by atoms with E-state index in [0.29, 0.717) is 18.5 Å². The molecule has 0 saturated heterocycles. The Morgan fingerprint density at radius 2 is 2.19 bits per heavy atom. The predicted octanol–water partition coefficient (Wildman–Crippen LogP) is 3.53. The summed E-state index contributed by atoms with van der Waals surface area (Å²) in [5.41, 5.74) is 0.832. The van der Waals surface area contributed by atoms with Crippen LogP contribution >= 0.6 is 11.6 Å². The van der Waals surface area contributed by atoms with E-state index in [1.807, 2.05) is 6.92 Å². The van der Waals surface area contributed by atoms with E-state index >= 15 is 0 Å². The van der Waals surface area contributed by atoms with Crippen LogP contribution < -0.4 is 10.6 Å². The number of nitrogens with one attached hydrogen (secondary N) is 2. The lowest BCUT2D eigenvalue weighted by Gasteiger charge is -2.07. The molecule has 0 aliphatic heterocycles. The maximum absolute atomic E-state index is 13.1. The zero-order chi connectivity index (χ0) is 15.2. The standard InChI is InChI=1S/C14H18ClFN4O/c1-3-6-17-9(2)13-19-20-14(21-13)18-8-10-4-5-12(16)11(15)7-10/h4-5,7,9,17H,3,6,8H2,1-2H3,(H,18,20). The van der Waals surface area contributed by atoms with Crippen molar-refractivity contribution in [2.75, 3.05) is 11.9 Å². The van der Waals surface area contributed by atoms with Crippen LogP contribution in [0, 0.1) is 5.82 Å². The average Bonchev–Trinajstić information content (AvgIpc) is 2.95.